The van der Waals surface area contributed by atoms with Gasteiger partial charge in [-0.15, -0.1) is 0 Å². The molecule has 1 aliphatic carbocycles. The van der Waals surface area contributed by atoms with Crippen LogP contribution < -0.4 is 0 Å². The maximum atomic E-state index is 10.5. The molecule has 1 heterocycles. The lowest BCUT2D eigenvalue weighted by Gasteiger charge is -2.23. The number of aromatic nitrogens is 1. The molecule has 110 valence electrons. The van der Waals surface area contributed by atoms with Gasteiger partial charge >= 0.3 is 0 Å². The van der Waals surface area contributed by atoms with Gasteiger partial charge in [-0.2, -0.15) is 0 Å². The Labute approximate surface area is 131 Å². The third-order valence-corrected chi connectivity index (χ3v) is 4.21. The van der Waals surface area contributed by atoms with Crippen LogP contribution in [0.3, 0.4) is 0 Å². The van der Waals surface area contributed by atoms with Gasteiger partial charge in [-0.3, -0.25) is 0 Å². The molecule has 0 saturated heterocycles. The molecule has 1 aliphatic rings. The highest BCUT2D eigenvalue weighted by atomic mass is 35.5. The summed E-state index contributed by atoms with van der Waals surface area (Å²) < 4.78 is 5.71. The molecular weight excluding hydrogens is 302 g/mol. The Kier molecular flexibility index (Phi) is 3.04. The Hall–Kier alpha value is -2.14. The fourth-order valence-corrected chi connectivity index (χ4v) is 3.00. The van der Waals surface area contributed by atoms with Crippen molar-refractivity contribution in [1.29, 1.82) is 0 Å². The molecule has 4 rings (SSSR count). The average molecular weight is 314 g/mol. The summed E-state index contributed by atoms with van der Waals surface area (Å²) in [6.45, 7) is 0. The van der Waals surface area contributed by atoms with Gasteiger partial charge in [0.15, 0.2) is 5.76 Å². The Morgan fingerprint density at radius 2 is 1.55 bits per heavy atom. The third-order valence-electron chi connectivity index (χ3n) is 3.88. The first-order valence-electron chi connectivity index (χ1n) is 6.87. The fourth-order valence-electron chi connectivity index (χ4n) is 2.78. The van der Waals surface area contributed by atoms with Crippen LogP contribution in [0.15, 0.2) is 52.9 Å². The molecule has 3 aromatic rings. The number of benzene rings is 2. The summed E-state index contributed by atoms with van der Waals surface area (Å²) in [5, 5.41) is 21.5. The van der Waals surface area contributed by atoms with E-state index in [1.165, 1.54) is 0 Å². The predicted molar refractivity (Wildman–Crippen MR) is 81.5 cm³/mol. The number of oxazole rings is 1. The molecule has 2 aromatic carbocycles. The highest BCUT2D eigenvalue weighted by Crippen LogP contribution is 2.42. The Bertz CT molecular complexity index is 812. The van der Waals surface area contributed by atoms with E-state index in [2.05, 4.69) is 4.98 Å². The highest BCUT2D eigenvalue weighted by Gasteiger charge is 2.35. The van der Waals surface area contributed by atoms with E-state index in [0.29, 0.717) is 33.3 Å². The lowest BCUT2D eigenvalue weighted by Crippen LogP contribution is -2.16. The molecule has 2 atom stereocenters. The fraction of sp³-hybridized carbons (Fsp3) is 0.118. The second-order valence-corrected chi connectivity index (χ2v) is 5.59. The number of hydrogen-bond donors (Lipinski definition) is 2. The second kappa shape index (κ2) is 4.95. The summed E-state index contributed by atoms with van der Waals surface area (Å²) in [4.78, 5) is 4.35. The number of hydrogen-bond acceptors (Lipinski definition) is 4. The van der Waals surface area contributed by atoms with Gasteiger partial charge in [-0.25, -0.2) is 4.98 Å². The SMILES string of the molecule is OC1c2ccccc2C(O)c2oc(-c3ccccc3Cl)nc21. The maximum Gasteiger partial charge on any atom is 0.228 e. The molecule has 1 aromatic heterocycles. The maximum absolute atomic E-state index is 10.5. The molecule has 22 heavy (non-hydrogen) atoms. The minimum atomic E-state index is -0.946. The number of aliphatic hydroxyl groups excluding tert-OH is 2. The molecule has 5 heteroatoms. The van der Waals surface area contributed by atoms with Crippen LogP contribution in [0.5, 0.6) is 0 Å². The van der Waals surface area contributed by atoms with Crippen molar-refractivity contribution in [2.75, 3.05) is 0 Å². The minimum absolute atomic E-state index is 0.265. The van der Waals surface area contributed by atoms with E-state index in [1.54, 1.807) is 24.3 Å². The Morgan fingerprint density at radius 3 is 2.27 bits per heavy atom. The lowest BCUT2D eigenvalue weighted by atomic mass is 9.88. The zero-order valence-corrected chi connectivity index (χ0v) is 12.2. The number of aliphatic hydroxyl groups is 2. The van der Waals surface area contributed by atoms with Gasteiger partial charge in [-0.1, -0.05) is 48.0 Å². The van der Waals surface area contributed by atoms with Crippen molar-refractivity contribution in [3.8, 4) is 11.5 Å². The van der Waals surface area contributed by atoms with Crippen LogP contribution in [0.2, 0.25) is 5.02 Å². The number of halogens is 1. The van der Waals surface area contributed by atoms with E-state index < -0.39 is 12.2 Å². The number of fused-ring (bicyclic) bond motifs is 2. The first-order valence-corrected chi connectivity index (χ1v) is 7.25. The molecule has 0 amide bonds. The van der Waals surface area contributed by atoms with Crippen molar-refractivity contribution >= 4 is 11.6 Å². The van der Waals surface area contributed by atoms with E-state index in [9.17, 15) is 10.2 Å². The summed E-state index contributed by atoms with van der Waals surface area (Å²) >= 11 is 6.16. The first kappa shape index (κ1) is 13.5. The molecule has 0 saturated carbocycles. The quantitative estimate of drug-likeness (QED) is 0.722. The van der Waals surface area contributed by atoms with Gasteiger partial charge in [0.05, 0.1) is 10.6 Å². The molecule has 2 N–H and O–H groups in total. The van der Waals surface area contributed by atoms with Crippen molar-refractivity contribution in [3.63, 3.8) is 0 Å². The largest absolute Gasteiger partial charge is 0.438 e. The van der Waals surface area contributed by atoms with Gasteiger partial charge in [-0.05, 0) is 23.3 Å². The van der Waals surface area contributed by atoms with E-state index in [-0.39, 0.29) is 5.76 Å². The highest BCUT2D eigenvalue weighted by molar-refractivity contribution is 6.33. The zero-order chi connectivity index (χ0) is 15.3. The van der Waals surface area contributed by atoms with Crippen LogP contribution in [-0.4, -0.2) is 15.2 Å². The van der Waals surface area contributed by atoms with Crippen LogP contribution in [0, 0.1) is 0 Å². The standard InChI is InChI=1S/C17H12ClNO3/c18-12-8-4-3-7-11(12)17-19-13-14(20)9-5-1-2-6-10(9)15(21)16(13)22-17/h1-8,14-15,20-21H. The molecule has 0 aliphatic heterocycles. The second-order valence-electron chi connectivity index (χ2n) is 5.18. The van der Waals surface area contributed by atoms with Crippen LogP contribution in [0.1, 0.15) is 34.8 Å². The van der Waals surface area contributed by atoms with Gasteiger partial charge in [0.25, 0.3) is 0 Å². The molecule has 0 spiro atoms. The molecule has 0 fully saturated rings. The smallest absolute Gasteiger partial charge is 0.228 e. The third kappa shape index (κ3) is 1.89. The summed E-state index contributed by atoms with van der Waals surface area (Å²) in [5.74, 6) is 0.558. The van der Waals surface area contributed by atoms with E-state index in [0.717, 1.165) is 0 Å². The molecule has 2 unspecified atom stereocenters. The first-order chi connectivity index (χ1) is 10.7. The Morgan fingerprint density at radius 1 is 0.909 bits per heavy atom. The number of rotatable bonds is 1. The lowest BCUT2D eigenvalue weighted by molar-refractivity contribution is 0.151. The van der Waals surface area contributed by atoms with E-state index in [1.807, 2.05) is 24.3 Å². The summed E-state index contributed by atoms with van der Waals surface area (Å²) in [6, 6.07) is 14.3. The molecule has 4 nitrogen and oxygen atoms in total. The van der Waals surface area contributed by atoms with Crippen LogP contribution in [0.25, 0.3) is 11.5 Å². The monoisotopic (exact) mass is 313 g/mol. The van der Waals surface area contributed by atoms with Crippen molar-refractivity contribution in [1.82, 2.24) is 4.98 Å². The Balaban J connectivity index is 1.89. The topological polar surface area (TPSA) is 66.5 Å². The van der Waals surface area contributed by atoms with Crippen LogP contribution in [-0.2, 0) is 0 Å². The van der Waals surface area contributed by atoms with E-state index >= 15 is 0 Å². The van der Waals surface area contributed by atoms with Crippen molar-refractivity contribution in [2.45, 2.75) is 12.2 Å². The minimum Gasteiger partial charge on any atom is -0.438 e. The molecule has 0 radical (unpaired) electrons. The van der Waals surface area contributed by atoms with Crippen LogP contribution >= 0.6 is 11.6 Å². The zero-order valence-electron chi connectivity index (χ0n) is 11.4. The van der Waals surface area contributed by atoms with E-state index in [4.69, 9.17) is 16.0 Å². The van der Waals surface area contributed by atoms with Gasteiger partial charge in [0, 0.05) is 0 Å². The summed E-state index contributed by atoms with van der Waals surface area (Å²) in [7, 11) is 0. The summed E-state index contributed by atoms with van der Waals surface area (Å²) in [5.41, 5.74) is 2.23. The normalized spacial score (nSPS) is 19.6. The molecule has 0 bridgehead atoms. The van der Waals surface area contributed by atoms with Crippen molar-refractivity contribution < 1.29 is 14.6 Å². The van der Waals surface area contributed by atoms with Gasteiger partial charge in [0.2, 0.25) is 5.89 Å². The molecular formula is C17H12ClNO3. The van der Waals surface area contributed by atoms with Gasteiger partial charge < -0.3 is 14.6 Å². The average Bonchev–Trinajstić information content (AvgIpc) is 2.98. The predicted octanol–water partition coefficient (Wildman–Crippen LogP) is 3.47. The summed E-state index contributed by atoms with van der Waals surface area (Å²) in [6.07, 6.45) is -1.87. The van der Waals surface area contributed by atoms with Crippen LogP contribution in [0.4, 0.5) is 0 Å². The van der Waals surface area contributed by atoms with Crippen molar-refractivity contribution in [3.05, 3.63) is 76.1 Å². The number of nitrogens with zero attached hydrogens (tertiary/aromatic N) is 1. The van der Waals surface area contributed by atoms with Crippen molar-refractivity contribution in [2.24, 2.45) is 0 Å². The van der Waals surface area contributed by atoms with Gasteiger partial charge in [0.1, 0.15) is 17.9 Å².